The number of aryl methyl sites for hydroxylation is 1. The molecule has 30 heavy (non-hydrogen) atoms. The number of sulfonamides is 1. The van der Waals surface area contributed by atoms with Crippen molar-refractivity contribution in [3.63, 3.8) is 0 Å². The van der Waals surface area contributed by atoms with Crippen LogP contribution >= 0.6 is 11.6 Å². The van der Waals surface area contributed by atoms with Gasteiger partial charge in [-0.05, 0) is 55.0 Å². The van der Waals surface area contributed by atoms with Gasteiger partial charge >= 0.3 is 0 Å². The second-order valence-electron chi connectivity index (χ2n) is 6.48. The Bertz CT molecular complexity index is 1130. The summed E-state index contributed by atoms with van der Waals surface area (Å²) >= 11 is 6.02. The van der Waals surface area contributed by atoms with Gasteiger partial charge in [0.1, 0.15) is 12.4 Å². The van der Waals surface area contributed by atoms with Crippen molar-refractivity contribution >= 4 is 33.2 Å². The molecule has 0 aliphatic carbocycles. The molecule has 3 rings (SSSR count). The highest BCUT2D eigenvalue weighted by Crippen LogP contribution is 2.23. The highest BCUT2D eigenvalue weighted by atomic mass is 35.5. The number of rotatable bonds is 8. The SMILES string of the molecule is Cc1cc(C(=O)NCCOc2ccccc2Cl)ccc1NS(=O)(=O)c1ccccc1. The maximum absolute atomic E-state index is 12.5. The van der Waals surface area contributed by atoms with Crippen LogP contribution in [0.5, 0.6) is 5.75 Å². The first-order valence-electron chi connectivity index (χ1n) is 9.21. The Hall–Kier alpha value is -3.03. The first-order chi connectivity index (χ1) is 14.4. The lowest BCUT2D eigenvalue weighted by atomic mass is 10.1. The minimum Gasteiger partial charge on any atom is -0.490 e. The quantitative estimate of drug-likeness (QED) is 0.508. The summed E-state index contributed by atoms with van der Waals surface area (Å²) in [7, 11) is -3.69. The summed E-state index contributed by atoms with van der Waals surface area (Å²) in [6.45, 7) is 2.30. The third-order valence-corrected chi connectivity index (χ3v) is 5.96. The molecule has 0 radical (unpaired) electrons. The number of para-hydroxylation sites is 1. The molecule has 0 saturated carbocycles. The van der Waals surface area contributed by atoms with Crippen LogP contribution in [0, 0.1) is 6.92 Å². The molecule has 3 aromatic carbocycles. The summed E-state index contributed by atoms with van der Waals surface area (Å²) in [5.74, 6) is 0.276. The van der Waals surface area contributed by atoms with E-state index < -0.39 is 10.0 Å². The van der Waals surface area contributed by atoms with E-state index in [4.69, 9.17) is 16.3 Å². The van der Waals surface area contributed by atoms with Gasteiger partial charge in [-0.1, -0.05) is 41.9 Å². The molecular formula is C22H21ClN2O4S. The van der Waals surface area contributed by atoms with Crippen LogP contribution in [0.1, 0.15) is 15.9 Å². The van der Waals surface area contributed by atoms with E-state index in [1.165, 1.54) is 12.1 Å². The van der Waals surface area contributed by atoms with Crippen molar-refractivity contribution in [1.82, 2.24) is 5.32 Å². The number of halogens is 1. The van der Waals surface area contributed by atoms with Crippen LogP contribution in [-0.2, 0) is 10.0 Å². The maximum Gasteiger partial charge on any atom is 0.261 e. The Labute approximate surface area is 180 Å². The van der Waals surface area contributed by atoms with Gasteiger partial charge in [0.2, 0.25) is 0 Å². The lowest BCUT2D eigenvalue weighted by molar-refractivity contribution is 0.0947. The molecule has 0 saturated heterocycles. The van der Waals surface area contributed by atoms with E-state index in [-0.39, 0.29) is 17.4 Å². The molecule has 0 atom stereocenters. The summed E-state index contributed by atoms with van der Waals surface area (Å²) in [5.41, 5.74) is 1.47. The van der Waals surface area contributed by atoms with Crippen LogP contribution in [0.4, 0.5) is 5.69 Å². The van der Waals surface area contributed by atoms with Gasteiger partial charge in [-0.2, -0.15) is 0 Å². The predicted molar refractivity (Wildman–Crippen MR) is 118 cm³/mol. The molecule has 0 bridgehead atoms. The Morgan fingerprint density at radius 1 is 1.00 bits per heavy atom. The molecule has 6 nitrogen and oxygen atoms in total. The Balaban J connectivity index is 1.58. The molecule has 0 heterocycles. The molecule has 2 N–H and O–H groups in total. The topological polar surface area (TPSA) is 84.5 Å². The van der Waals surface area contributed by atoms with Crippen LogP contribution in [0.2, 0.25) is 5.02 Å². The highest BCUT2D eigenvalue weighted by Gasteiger charge is 2.15. The van der Waals surface area contributed by atoms with E-state index in [2.05, 4.69) is 10.0 Å². The van der Waals surface area contributed by atoms with Crippen molar-refractivity contribution in [2.45, 2.75) is 11.8 Å². The number of carbonyl (C=O) groups is 1. The van der Waals surface area contributed by atoms with Crippen LogP contribution in [0.25, 0.3) is 0 Å². The molecule has 1 amide bonds. The van der Waals surface area contributed by atoms with E-state index in [0.717, 1.165) is 0 Å². The third kappa shape index (κ3) is 5.52. The van der Waals surface area contributed by atoms with Crippen molar-refractivity contribution < 1.29 is 17.9 Å². The summed E-state index contributed by atoms with van der Waals surface area (Å²) in [4.78, 5) is 12.5. The van der Waals surface area contributed by atoms with Crippen molar-refractivity contribution in [2.75, 3.05) is 17.9 Å². The van der Waals surface area contributed by atoms with Crippen molar-refractivity contribution in [3.05, 3.63) is 88.9 Å². The second-order valence-corrected chi connectivity index (χ2v) is 8.57. The maximum atomic E-state index is 12.5. The third-order valence-electron chi connectivity index (χ3n) is 4.27. The van der Waals surface area contributed by atoms with Gasteiger partial charge in [-0.15, -0.1) is 0 Å². The smallest absolute Gasteiger partial charge is 0.261 e. The fraction of sp³-hybridized carbons (Fsp3) is 0.136. The molecule has 0 aliphatic heterocycles. The molecule has 156 valence electrons. The van der Waals surface area contributed by atoms with Crippen molar-refractivity contribution in [1.29, 1.82) is 0 Å². The van der Waals surface area contributed by atoms with Crippen LogP contribution in [0.3, 0.4) is 0 Å². The first kappa shape index (κ1) is 21.7. The van der Waals surface area contributed by atoms with E-state index in [9.17, 15) is 13.2 Å². The van der Waals surface area contributed by atoms with E-state index in [1.54, 1.807) is 55.5 Å². The van der Waals surface area contributed by atoms with E-state index in [1.807, 2.05) is 12.1 Å². The van der Waals surface area contributed by atoms with Crippen LogP contribution in [0.15, 0.2) is 77.7 Å². The van der Waals surface area contributed by atoms with Crippen molar-refractivity contribution in [3.8, 4) is 5.75 Å². The van der Waals surface area contributed by atoms with Crippen LogP contribution in [-0.4, -0.2) is 27.5 Å². The number of carbonyl (C=O) groups excluding carboxylic acids is 1. The number of hydrogen-bond acceptors (Lipinski definition) is 4. The predicted octanol–water partition coefficient (Wildman–Crippen LogP) is 4.26. The van der Waals surface area contributed by atoms with E-state index >= 15 is 0 Å². The molecule has 8 heteroatoms. The number of ether oxygens (including phenoxy) is 1. The van der Waals surface area contributed by atoms with Gasteiger partial charge < -0.3 is 10.1 Å². The number of hydrogen-bond donors (Lipinski definition) is 2. The fourth-order valence-corrected chi connectivity index (χ4v) is 4.05. The van der Waals surface area contributed by atoms with Gasteiger partial charge in [0.25, 0.3) is 15.9 Å². The zero-order valence-corrected chi connectivity index (χ0v) is 17.8. The summed E-state index contributed by atoms with van der Waals surface area (Å²) in [5, 5.41) is 3.27. The van der Waals surface area contributed by atoms with Gasteiger partial charge in [-0.25, -0.2) is 8.42 Å². The number of amides is 1. The Morgan fingerprint density at radius 3 is 2.40 bits per heavy atom. The molecule has 0 fully saturated rings. The molecule has 0 aromatic heterocycles. The normalized spacial score (nSPS) is 11.0. The number of nitrogens with one attached hydrogen (secondary N) is 2. The minimum absolute atomic E-state index is 0.171. The summed E-state index contributed by atoms with van der Waals surface area (Å²) in [6.07, 6.45) is 0. The minimum atomic E-state index is -3.69. The molecule has 0 unspecified atom stereocenters. The molecular weight excluding hydrogens is 424 g/mol. The summed E-state index contributed by atoms with van der Waals surface area (Å²) in [6, 6.07) is 20.0. The average Bonchev–Trinajstić information content (AvgIpc) is 2.74. The lowest BCUT2D eigenvalue weighted by Gasteiger charge is -2.12. The van der Waals surface area contributed by atoms with Gasteiger partial charge in [-0.3, -0.25) is 9.52 Å². The zero-order valence-electron chi connectivity index (χ0n) is 16.3. The number of benzene rings is 3. The molecule has 3 aromatic rings. The van der Waals surface area contributed by atoms with Gasteiger partial charge in [0.15, 0.2) is 0 Å². The Kier molecular flexibility index (Phi) is 6.97. The second kappa shape index (κ2) is 9.65. The highest BCUT2D eigenvalue weighted by molar-refractivity contribution is 7.92. The standard InChI is InChI=1S/C22H21ClN2O4S/c1-16-15-17(22(26)24-13-14-29-21-10-6-5-9-19(21)23)11-12-20(16)25-30(27,28)18-7-3-2-4-8-18/h2-12,15,25H,13-14H2,1H3,(H,24,26). The Morgan fingerprint density at radius 2 is 1.70 bits per heavy atom. The monoisotopic (exact) mass is 444 g/mol. The zero-order chi connectivity index (χ0) is 21.6. The van der Waals surface area contributed by atoms with Crippen LogP contribution < -0.4 is 14.8 Å². The molecule has 0 aliphatic rings. The lowest BCUT2D eigenvalue weighted by Crippen LogP contribution is -2.28. The van der Waals surface area contributed by atoms with E-state index in [0.29, 0.717) is 34.1 Å². The largest absolute Gasteiger partial charge is 0.490 e. The fourth-order valence-electron chi connectivity index (χ4n) is 2.71. The van der Waals surface area contributed by atoms with Crippen molar-refractivity contribution in [2.24, 2.45) is 0 Å². The average molecular weight is 445 g/mol. The molecule has 0 spiro atoms. The van der Waals surface area contributed by atoms with Gasteiger partial charge in [0, 0.05) is 5.56 Å². The number of anilines is 1. The first-order valence-corrected chi connectivity index (χ1v) is 11.1. The summed E-state index contributed by atoms with van der Waals surface area (Å²) < 4.78 is 33.0. The van der Waals surface area contributed by atoms with Gasteiger partial charge in [0.05, 0.1) is 22.2 Å².